The van der Waals surface area contributed by atoms with E-state index >= 15 is 0 Å². The zero-order valence-corrected chi connectivity index (χ0v) is 11.9. The number of rotatable bonds is 4. The predicted octanol–water partition coefficient (Wildman–Crippen LogP) is 2.63. The number of aryl methyl sites for hydroxylation is 2. The first kappa shape index (κ1) is 13.2. The maximum absolute atomic E-state index is 9.27. The molecular formula is C14H19N3S. The number of hydrogen-bond acceptors (Lipinski definition) is 4. The number of aromatic nitrogens is 1. The maximum Gasteiger partial charge on any atom is 0.146 e. The Morgan fingerprint density at radius 3 is 2.94 bits per heavy atom. The largest absolute Gasteiger partial charge is 0.358 e. The number of hydrogen-bond donors (Lipinski definition) is 0. The van der Waals surface area contributed by atoms with Crippen molar-refractivity contribution in [2.75, 3.05) is 30.5 Å². The molecular weight excluding hydrogens is 242 g/mol. The van der Waals surface area contributed by atoms with Gasteiger partial charge in [-0.25, -0.2) is 4.98 Å². The Morgan fingerprint density at radius 2 is 2.22 bits per heavy atom. The Balaban J connectivity index is 2.31. The summed E-state index contributed by atoms with van der Waals surface area (Å²) in [6, 6.07) is 4.34. The highest BCUT2D eigenvalue weighted by Gasteiger charge is 2.17. The third-order valence-corrected chi connectivity index (χ3v) is 3.98. The van der Waals surface area contributed by atoms with E-state index in [1.54, 1.807) is 0 Å². The molecule has 0 amide bonds. The zero-order chi connectivity index (χ0) is 13.0. The number of fused-ring (bicyclic) bond motifs is 1. The van der Waals surface area contributed by atoms with Crippen LogP contribution in [0.4, 0.5) is 5.82 Å². The van der Waals surface area contributed by atoms with Crippen molar-refractivity contribution in [3.63, 3.8) is 0 Å². The van der Waals surface area contributed by atoms with Crippen molar-refractivity contribution < 1.29 is 0 Å². The predicted molar refractivity (Wildman–Crippen MR) is 77.2 cm³/mol. The molecule has 3 nitrogen and oxygen atoms in total. The standard InChI is InChI=1S/C14H19N3S/c1-17(7-8-18-2)14-12(10-15)9-11-5-3-4-6-13(11)16-14/h9H,3-8H2,1-2H3. The van der Waals surface area contributed by atoms with Gasteiger partial charge in [0, 0.05) is 25.0 Å². The molecule has 0 spiro atoms. The van der Waals surface area contributed by atoms with E-state index in [4.69, 9.17) is 4.98 Å². The van der Waals surface area contributed by atoms with Gasteiger partial charge in [0.15, 0.2) is 0 Å². The van der Waals surface area contributed by atoms with Crippen molar-refractivity contribution in [3.05, 3.63) is 22.9 Å². The fourth-order valence-electron chi connectivity index (χ4n) is 2.33. The van der Waals surface area contributed by atoms with Gasteiger partial charge in [-0.2, -0.15) is 17.0 Å². The first-order valence-corrected chi connectivity index (χ1v) is 7.78. The molecule has 0 saturated carbocycles. The fourth-order valence-corrected chi connectivity index (χ4v) is 2.79. The lowest BCUT2D eigenvalue weighted by Gasteiger charge is -2.22. The van der Waals surface area contributed by atoms with E-state index < -0.39 is 0 Å². The number of nitrogens with zero attached hydrogens (tertiary/aromatic N) is 3. The van der Waals surface area contributed by atoms with Crippen LogP contribution in [-0.2, 0) is 12.8 Å². The van der Waals surface area contributed by atoms with Gasteiger partial charge in [0.05, 0.1) is 5.56 Å². The molecule has 0 unspecified atom stereocenters. The summed E-state index contributed by atoms with van der Waals surface area (Å²) < 4.78 is 0. The lowest BCUT2D eigenvalue weighted by atomic mass is 9.95. The van der Waals surface area contributed by atoms with Gasteiger partial charge in [-0.05, 0) is 43.6 Å². The van der Waals surface area contributed by atoms with Crippen molar-refractivity contribution in [1.82, 2.24) is 4.98 Å². The van der Waals surface area contributed by atoms with Crippen molar-refractivity contribution in [2.24, 2.45) is 0 Å². The van der Waals surface area contributed by atoms with E-state index in [1.807, 2.05) is 24.9 Å². The Morgan fingerprint density at radius 1 is 1.44 bits per heavy atom. The van der Waals surface area contributed by atoms with Gasteiger partial charge in [0.2, 0.25) is 0 Å². The van der Waals surface area contributed by atoms with Gasteiger partial charge in [0.1, 0.15) is 11.9 Å². The highest BCUT2D eigenvalue weighted by Crippen LogP contribution is 2.25. The number of anilines is 1. The molecule has 1 aromatic rings. The minimum Gasteiger partial charge on any atom is -0.358 e. The molecule has 0 N–H and O–H groups in total. The Labute approximate surface area is 113 Å². The molecule has 0 saturated heterocycles. The molecule has 1 aromatic heterocycles. The molecule has 0 radical (unpaired) electrons. The second-order valence-corrected chi connectivity index (χ2v) is 5.68. The number of nitriles is 1. The first-order valence-electron chi connectivity index (χ1n) is 6.39. The lowest BCUT2D eigenvalue weighted by Crippen LogP contribution is -2.23. The molecule has 1 aliphatic carbocycles. The summed E-state index contributed by atoms with van der Waals surface area (Å²) in [5.74, 6) is 1.91. The van der Waals surface area contributed by atoms with E-state index in [2.05, 4.69) is 17.2 Å². The summed E-state index contributed by atoms with van der Waals surface area (Å²) in [4.78, 5) is 6.83. The van der Waals surface area contributed by atoms with Gasteiger partial charge in [-0.3, -0.25) is 0 Å². The molecule has 18 heavy (non-hydrogen) atoms. The summed E-state index contributed by atoms with van der Waals surface area (Å²) in [6.45, 7) is 0.932. The summed E-state index contributed by atoms with van der Waals surface area (Å²) in [5, 5.41) is 9.27. The number of pyridine rings is 1. The van der Waals surface area contributed by atoms with Crippen LogP contribution < -0.4 is 4.90 Å². The molecule has 4 heteroatoms. The van der Waals surface area contributed by atoms with Gasteiger partial charge in [0.25, 0.3) is 0 Å². The molecule has 96 valence electrons. The van der Waals surface area contributed by atoms with Gasteiger partial charge in [-0.1, -0.05) is 0 Å². The van der Waals surface area contributed by atoms with Crippen molar-refractivity contribution in [2.45, 2.75) is 25.7 Å². The third kappa shape index (κ3) is 2.78. The van der Waals surface area contributed by atoms with E-state index in [9.17, 15) is 5.26 Å². The lowest BCUT2D eigenvalue weighted by molar-refractivity contribution is 0.666. The monoisotopic (exact) mass is 261 g/mol. The molecule has 0 fully saturated rings. The molecule has 0 aliphatic heterocycles. The van der Waals surface area contributed by atoms with Crippen molar-refractivity contribution >= 4 is 17.6 Å². The second kappa shape index (κ2) is 6.10. The normalized spacial score (nSPS) is 13.8. The second-order valence-electron chi connectivity index (χ2n) is 4.70. The molecule has 0 atom stereocenters. The average Bonchev–Trinajstić information content (AvgIpc) is 2.43. The van der Waals surface area contributed by atoms with Gasteiger partial charge < -0.3 is 4.90 Å². The molecule has 1 heterocycles. The Hall–Kier alpha value is -1.21. The summed E-state index contributed by atoms with van der Waals surface area (Å²) in [7, 11) is 2.02. The maximum atomic E-state index is 9.27. The molecule has 0 bridgehead atoms. The van der Waals surface area contributed by atoms with Crippen LogP contribution in [0.1, 0.15) is 29.7 Å². The van der Waals surface area contributed by atoms with Crippen LogP contribution in [-0.4, -0.2) is 30.6 Å². The van der Waals surface area contributed by atoms with Crippen LogP contribution in [0.2, 0.25) is 0 Å². The van der Waals surface area contributed by atoms with Crippen LogP contribution >= 0.6 is 11.8 Å². The Bertz CT molecular complexity index is 465. The minimum absolute atomic E-state index is 0.722. The average molecular weight is 261 g/mol. The van der Waals surface area contributed by atoms with Crippen LogP contribution in [0.25, 0.3) is 0 Å². The van der Waals surface area contributed by atoms with E-state index in [0.29, 0.717) is 0 Å². The van der Waals surface area contributed by atoms with E-state index in [1.165, 1.54) is 24.1 Å². The Kier molecular flexibility index (Phi) is 4.48. The molecule has 1 aliphatic rings. The van der Waals surface area contributed by atoms with Crippen LogP contribution in [0.5, 0.6) is 0 Å². The van der Waals surface area contributed by atoms with Crippen LogP contribution in [0, 0.1) is 11.3 Å². The van der Waals surface area contributed by atoms with Crippen LogP contribution in [0.3, 0.4) is 0 Å². The molecule has 0 aromatic carbocycles. The van der Waals surface area contributed by atoms with E-state index in [-0.39, 0.29) is 0 Å². The minimum atomic E-state index is 0.722. The van der Waals surface area contributed by atoms with Crippen molar-refractivity contribution in [3.8, 4) is 6.07 Å². The van der Waals surface area contributed by atoms with Gasteiger partial charge in [-0.15, -0.1) is 0 Å². The first-order chi connectivity index (χ1) is 8.76. The van der Waals surface area contributed by atoms with Gasteiger partial charge >= 0.3 is 0 Å². The summed E-state index contributed by atoms with van der Waals surface area (Å²) in [5.41, 5.74) is 3.20. The smallest absolute Gasteiger partial charge is 0.146 e. The highest BCUT2D eigenvalue weighted by atomic mass is 32.2. The highest BCUT2D eigenvalue weighted by molar-refractivity contribution is 7.98. The topological polar surface area (TPSA) is 39.9 Å². The summed E-state index contributed by atoms with van der Waals surface area (Å²) in [6.07, 6.45) is 6.68. The zero-order valence-electron chi connectivity index (χ0n) is 11.1. The third-order valence-electron chi connectivity index (χ3n) is 3.39. The quantitative estimate of drug-likeness (QED) is 0.835. The van der Waals surface area contributed by atoms with E-state index in [0.717, 1.165) is 36.5 Å². The SMILES string of the molecule is CSCCN(C)c1nc2c(cc1C#N)CCCC2. The van der Waals surface area contributed by atoms with Crippen molar-refractivity contribution in [1.29, 1.82) is 5.26 Å². The molecule has 2 rings (SSSR count). The fraction of sp³-hybridized carbons (Fsp3) is 0.571. The van der Waals surface area contributed by atoms with Crippen LogP contribution in [0.15, 0.2) is 6.07 Å². The summed E-state index contributed by atoms with van der Waals surface area (Å²) >= 11 is 1.81. The number of thioether (sulfide) groups is 1.